The second-order valence-corrected chi connectivity index (χ2v) is 5.59. The molecule has 1 amide bonds. The van der Waals surface area contributed by atoms with Gasteiger partial charge in [-0.1, -0.05) is 0 Å². The fourth-order valence-corrected chi connectivity index (χ4v) is 2.65. The first-order chi connectivity index (χ1) is 9.61. The minimum Gasteiger partial charge on any atom is -0.371 e. The highest BCUT2D eigenvalue weighted by atomic mass is 16.2. The van der Waals surface area contributed by atoms with Gasteiger partial charge in [-0.3, -0.25) is 9.78 Å². The van der Waals surface area contributed by atoms with Crippen molar-refractivity contribution in [3.8, 4) is 0 Å². The average molecular weight is 276 g/mol. The van der Waals surface area contributed by atoms with Crippen LogP contribution in [0.3, 0.4) is 0 Å². The number of nitrogens with one attached hydrogen (secondary N) is 1. The van der Waals surface area contributed by atoms with Crippen molar-refractivity contribution in [2.24, 2.45) is 5.92 Å². The van der Waals surface area contributed by atoms with Gasteiger partial charge in [0.25, 0.3) is 5.91 Å². The third kappa shape index (κ3) is 3.48. The van der Waals surface area contributed by atoms with Crippen LogP contribution in [0.2, 0.25) is 0 Å². The van der Waals surface area contributed by atoms with E-state index in [-0.39, 0.29) is 5.91 Å². The van der Waals surface area contributed by atoms with E-state index in [2.05, 4.69) is 15.2 Å². The first-order valence-corrected chi connectivity index (χ1v) is 7.19. The second-order valence-electron chi connectivity index (χ2n) is 5.59. The van der Waals surface area contributed by atoms with Gasteiger partial charge in [-0.15, -0.1) is 0 Å². The first kappa shape index (κ1) is 14.8. The van der Waals surface area contributed by atoms with Gasteiger partial charge in [-0.2, -0.15) is 0 Å². The molecule has 0 aromatic carbocycles. The summed E-state index contributed by atoms with van der Waals surface area (Å²) in [4.78, 5) is 20.0. The van der Waals surface area contributed by atoms with Crippen LogP contribution in [-0.4, -0.2) is 56.6 Å². The lowest BCUT2D eigenvalue weighted by molar-refractivity contribution is 0.0822. The summed E-state index contributed by atoms with van der Waals surface area (Å²) >= 11 is 0. The number of pyridine rings is 1. The maximum absolute atomic E-state index is 12.0. The van der Waals surface area contributed by atoms with Gasteiger partial charge in [-0.25, -0.2) is 0 Å². The van der Waals surface area contributed by atoms with Crippen LogP contribution >= 0.6 is 0 Å². The van der Waals surface area contributed by atoms with Gasteiger partial charge in [0.05, 0.1) is 0 Å². The smallest absolute Gasteiger partial charge is 0.272 e. The highest BCUT2D eigenvalue weighted by Crippen LogP contribution is 2.23. The molecule has 0 unspecified atom stereocenters. The third-order valence-electron chi connectivity index (χ3n) is 3.84. The average Bonchev–Trinajstić information content (AvgIpc) is 2.47. The van der Waals surface area contributed by atoms with Crippen LogP contribution in [0.25, 0.3) is 0 Å². The third-order valence-corrected chi connectivity index (χ3v) is 3.84. The Balaban J connectivity index is 2.03. The number of hydrogen-bond donors (Lipinski definition) is 1. The first-order valence-electron chi connectivity index (χ1n) is 7.19. The van der Waals surface area contributed by atoms with Crippen molar-refractivity contribution in [3.63, 3.8) is 0 Å². The van der Waals surface area contributed by atoms with E-state index < -0.39 is 0 Å². The van der Waals surface area contributed by atoms with Crippen LogP contribution in [0.15, 0.2) is 18.3 Å². The van der Waals surface area contributed by atoms with E-state index in [9.17, 15) is 4.79 Å². The van der Waals surface area contributed by atoms with Gasteiger partial charge in [0.15, 0.2) is 0 Å². The zero-order chi connectivity index (χ0) is 14.5. The van der Waals surface area contributed by atoms with Crippen molar-refractivity contribution in [1.82, 2.24) is 15.2 Å². The fraction of sp³-hybridized carbons (Fsp3) is 0.600. The van der Waals surface area contributed by atoms with Crippen LogP contribution in [0.1, 0.15) is 23.3 Å². The molecule has 1 saturated heterocycles. The Kier molecular flexibility index (Phi) is 4.95. The second kappa shape index (κ2) is 6.70. The Morgan fingerprint density at radius 2 is 2.15 bits per heavy atom. The van der Waals surface area contributed by atoms with Gasteiger partial charge >= 0.3 is 0 Å². The molecule has 110 valence electrons. The van der Waals surface area contributed by atoms with E-state index in [1.807, 2.05) is 19.2 Å². The summed E-state index contributed by atoms with van der Waals surface area (Å²) in [5.74, 6) is 0.720. The molecule has 1 aromatic rings. The molecule has 1 N–H and O–H groups in total. The molecular formula is C15H24N4O. The molecule has 0 spiro atoms. The quantitative estimate of drug-likeness (QED) is 0.898. The molecule has 5 nitrogen and oxygen atoms in total. The van der Waals surface area contributed by atoms with Gasteiger partial charge in [0.2, 0.25) is 0 Å². The van der Waals surface area contributed by atoms with Crippen molar-refractivity contribution < 1.29 is 4.79 Å². The number of amides is 1. The van der Waals surface area contributed by atoms with E-state index in [1.165, 1.54) is 12.8 Å². The van der Waals surface area contributed by atoms with Crippen molar-refractivity contribution in [2.75, 3.05) is 45.7 Å². The van der Waals surface area contributed by atoms with E-state index in [4.69, 9.17) is 0 Å². The van der Waals surface area contributed by atoms with Crippen LogP contribution in [0.5, 0.6) is 0 Å². The van der Waals surface area contributed by atoms with Crippen molar-refractivity contribution >= 4 is 11.6 Å². The van der Waals surface area contributed by atoms with Crippen molar-refractivity contribution in [3.05, 3.63) is 24.0 Å². The number of carbonyl (C=O) groups excluding carboxylic acids is 1. The molecule has 0 aliphatic carbocycles. The summed E-state index contributed by atoms with van der Waals surface area (Å²) in [6.07, 6.45) is 4.12. The maximum Gasteiger partial charge on any atom is 0.272 e. The zero-order valence-electron chi connectivity index (χ0n) is 12.6. The molecule has 0 bridgehead atoms. The molecule has 1 aromatic heterocycles. The van der Waals surface area contributed by atoms with E-state index in [1.54, 1.807) is 25.2 Å². The topological polar surface area (TPSA) is 48.5 Å². The lowest BCUT2D eigenvalue weighted by atomic mass is 9.96. The molecule has 2 heterocycles. The Morgan fingerprint density at radius 3 is 2.75 bits per heavy atom. The van der Waals surface area contributed by atoms with Crippen LogP contribution in [0, 0.1) is 5.92 Å². The van der Waals surface area contributed by atoms with Crippen LogP contribution in [-0.2, 0) is 0 Å². The van der Waals surface area contributed by atoms with Crippen LogP contribution < -0.4 is 10.2 Å². The summed E-state index contributed by atoms with van der Waals surface area (Å²) in [6, 6.07) is 3.89. The van der Waals surface area contributed by atoms with Gasteiger partial charge in [0, 0.05) is 39.1 Å². The largest absolute Gasteiger partial charge is 0.371 e. The standard InChI is InChI=1S/C15H24N4O/c1-16-11-12-5-8-19(9-6-12)13-4-7-17-14(10-13)15(20)18(2)3/h4,7,10,12,16H,5-6,8-9,11H2,1-3H3. The Hall–Kier alpha value is -1.62. The Morgan fingerprint density at radius 1 is 1.45 bits per heavy atom. The molecule has 1 fully saturated rings. The van der Waals surface area contributed by atoms with Gasteiger partial charge in [-0.05, 0) is 44.5 Å². The summed E-state index contributed by atoms with van der Waals surface area (Å²) in [5.41, 5.74) is 1.62. The lowest BCUT2D eigenvalue weighted by Crippen LogP contribution is -2.36. The van der Waals surface area contributed by atoms with Crippen molar-refractivity contribution in [2.45, 2.75) is 12.8 Å². The zero-order valence-corrected chi connectivity index (χ0v) is 12.6. The van der Waals surface area contributed by atoms with E-state index in [0.717, 1.165) is 31.2 Å². The number of anilines is 1. The molecule has 20 heavy (non-hydrogen) atoms. The molecule has 1 aliphatic rings. The van der Waals surface area contributed by atoms with E-state index >= 15 is 0 Å². The summed E-state index contributed by atoms with van der Waals surface area (Å²) in [7, 11) is 5.51. The minimum atomic E-state index is -0.0445. The van der Waals surface area contributed by atoms with E-state index in [0.29, 0.717) is 5.69 Å². The number of hydrogen-bond acceptors (Lipinski definition) is 4. The molecule has 0 atom stereocenters. The predicted molar refractivity (Wildman–Crippen MR) is 81.1 cm³/mol. The number of carbonyl (C=O) groups is 1. The SMILES string of the molecule is CNCC1CCN(c2ccnc(C(=O)N(C)C)c2)CC1. The van der Waals surface area contributed by atoms with Gasteiger partial charge < -0.3 is 15.1 Å². The summed E-state index contributed by atoms with van der Waals surface area (Å²) in [5, 5.41) is 3.25. The minimum absolute atomic E-state index is 0.0445. The molecular weight excluding hydrogens is 252 g/mol. The molecule has 0 radical (unpaired) electrons. The fourth-order valence-electron chi connectivity index (χ4n) is 2.65. The van der Waals surface area contributed by atoms with Crippen molar-refractivity contribution in [1.29, 1.82) is 0 Å². The molecule has 5 heteroatoms. The maximum atomic E-state index is 12.0. The highest BCUT2D eigenvalue weighted by Gasteiger charge is 2.20. The summed E-state index contributed by atoms with van der Waals surface area (Å²) < 4.78 is 0. The van der Waals surface area contributed by atoms with Crippen LogP contribution in [0.4, 0.5) is 5.69 Å². The lowest BCUT2D eigenvalue weighted by Gasteiger charge is -2.33. The monoisotopic (exact) mass is 276 g/mol. The number of nitrogens with zero attached hydrogens (tertiary/aromatic N) is 3. The number of aromatic nitrogens is 1. The highest BCUT2D eigenvalue weighted by molar-refractivity contribution is 5.92. The normalized spacial score (nSPS) is 16.2. The molecule has 0 saturated carbocycles. The Bertz CT molecular complexity index is 453. The number of piperidine rings is 1. The predicted octanol–water partition coefficient (Wildman–Crippen LogP) is 1.22. The molecule has 2 rings (SSSR count). The van der Waals surface area contributed by atoms with Gasteiger partial charge in [0.1, 0.15) is 5.69 Å². The number of rotatable bonds is 4. The summed E-state index contributed by atoms with van der Waals surface area (Å²) in [6.45, 7) is 3.19. The molecule has 1 aliphatic heterocycles. The Labute approximate surface area is 121 Å².